The fourth-order valence-electron chi connectivity index (χ4n) is 3.47. The van der Waals surface area contributed by atoms with Gasteiger partial charge < -0.3 is 20.1 Å². The van der Waals surface area contributed by atoms with Gasteiger partial charge in [0.25, 0.3) is 0 Å². The second-order valence-corrected chi connectivity index (χ2v) is 7.36. The first-order valence-electron chi connectivity index (χ1n) is 10.2. The van der Waals surface area contributed by atoms with E-state index in [0.717, 1.165) is 44.5 Å². The molecule has 6 nitrogen and oxygen atoms in total. The third-order valence-electron chi connectivity index (χ3n) is 5.03. The van der Waals surface area contributed by atoms with Gasteiger partial charge in [0.05, 0.1) is 19.8 Å². The Hall–Kier alpha value is -2.57. The SMILES string of the molecule is CN=C(NCc1ccc(OC)cc1)NCc1cccc(CN2CCOC(C)C2)c1. The summed E-state index contributed by atoms with van der Waals surface area (Å²) in [6.45, 7) is 7.34. The predicted molar refractivity (Wildman–Crippen MR) is 117 cm³/mol. The van der Waals surface area contributed by atoms with Crippen LogP contribution in [0.25, 0.3) is 0 Å². The van der Waals surface area contributed by atoms with Crippen LogP contribution in [0.4, 0.5) is 0 Å². The lowest BCUT2D eigenvalue weighted by molar-refractivity contribution is -0.0212. The Kier molecular flexibility index (Phi) is 7.90. The fourth-order valence-corrected chi connectivity index (χ4v) is 3.47. The van der Waals surface area contributed by atoms with Gasteiger partial charge >= 0.3 is 0 Å². The number of hydrogen-bond acceptors (Lipinski definition) is 4. The van der Waals surface area contributed by atoms with Crippen LogP contribution in [0, 0.1) is 0 Å². The Morgan fingerprint density at radius 2 is 1.83 bits per heavy atom. The summed E-state index contributed by atoms with van der Waals surface area (Å²) in [6, 6.07) is 16.8. The van der Waals surface area contributed by atoms with Crippen LogP contribution in [0.1, 0.15) is 23.6 Å². The molecule has 1 fully saturated rings. The molecule has 2 aromatic carbocycles. The predicted octanol–water partition coefficient (Wildman–Crippen LogP) is 2.78. The van der Waals surface area contributed by atoms with E-state index in [9.17, 15) is 0 Å². The molecule has 0 spiro atoms. The first kappa shape index (κ1) is 21.1. The van der Waals surface area contributed by atoms with E-state index in [2.05, 4.69) is 63.8 Å². The topological polar surface area (TPSA) is 58.1 Å². The molecule has 0 aromatic heterocycles. The normalized spacial score (nSPS) is 17.8. The number of rotatable bonds is 7. The maximum atomic E-state index is 5.64. The number of ether oxygens (including phenoxy) is 2. The van der Waals surface area contributed by atoms with Gasteiger partial charge in [0.15, 0.2) is 5.96 Å². The van der Waals surface area contributed by atoms with E-state index in [1.54, 1.807) is 14.2 Å². The molecule has 156 valence electrons. The largest absolute Gasteiger partial charge is 0.497 e. The van der Waals surface area contributed by atoms with Crippen molar-refractivity contribution in [1.82, 2.24) is 15.5 Å². The Morgan fingerprint density at radius 3 is 2.52 bits per heavy atom. The molecule has 1 aliphatic heterocycles. The minimum absolute atomic E-state index is 0.314. The third-order valence-corrected chi connectivity index (χ3v) is 5.03. The fraction of sp³-hybridized carbons (Fsp3) is 0.435. The van der Waals surface area contributed by atoms with E-state index in [1.165, 1.54) is 16.7 Å². The van der Waals surface area contributed by atoms with Crippen LogP contribution < -0.4 is 15.4 Å². The molecule has 0 aliphatic carbocycles. The zero-order valence-electron chi connectivity index (χ0n) is 17.6. The number of benzene rings is 2. The molecule has 0 amide bonds. The van der Waals surface area contributed by atoms with Crippen molar-refractivity contribution in [2.75, 3.05) is 33.9 Å². The number of guanidine groups is 1. The molecule has 2 N–H and O–H groups in total. The van der Waals surface area contributed by atoms with Gasteiger partial charge in [-0.15, -0.1) is 0 Å². The molecular formula is C23H32N4O2. The van der Waals surface area contributed by atoms with Crippen molar-refractivity contribution in [2.45, 2.75) is 32.7 Å². The molecule has 0 bridgehead atoms. The van der Waals surface area contributed by atoms with E-state index in [4.69, 9.17) is 9.47 Å². The van der Waals surface area contributed by atoms with Gasteiger partial charge in [-0.1, -0.05) is 36.4 Å². The smallest absolute Gasteiger partial charge is 0.191 e. The highest BCUT2D eigenvalue weighted by molar-refractivity contribution is 5.79. The van der Waals surface area contributed by atoms with Gasteiger partial charge in [0.1, 0.15) is 5.75 Å². The number of hydrogen-bond donors (Lipinski definition) is 2. The van der Waals surface area contributed by atoms with Gasteiger partial charge in [0.2, 0.25) is 0 Å². The molecule has 0 radical (unpaired) electrons. The van der Waals surface area contributed by atoms with Crippen LogP contribution in [0.15, 0.2) is 53.5 Å². The highest BCUT2D eigenvalue weighted by Gasteiger charge is 2.16. The second-order valence-electron chi connectivity index (χ2n) is 7.36. The van der Waals surface area contributed by atoms with E-state index >= 15 is 0 Å². The van der Waals surface area contributed by atoms with E-state index in [-0.39, 0.29) is 0 Å². The average Bonchev–Trinajstić information content (AvgIpc) is 2.74. The van der Waals surface area contributed by atoms with Gasteiger partial charge in [-0.3, -0.25) is 9.89 Å². The number of nitrogens with zero attached hydrogens (tertiary/aromatic N) is 2. The molecule has 1 unspecified atom stereocenters. The summed E-state index contributed by atoms with van der Waals surface area (Å²) in [6.07, 6.45) is 0.314. The van der Waals surface area contributed by atoms with Gasteiger partial charge in [-0.25, -0.2) is 0 Å². The number of aliphatic imine (C=N–C) groups is 1. The van der Waals surface area contributed by atoms with Crippen molar-refractivity contribution >= 4 is 5.96 Å². The second kappa shape index (κ2) is 10.8. The van der Waals surface area contributed by atoms with Crippen LogP contribution in [0.5, 0.6) is 5.75 Å². The van der Waals surface area contributed by atoms with Crippen LogP contribution in [0.2, 0.25) is 0 Å². The molecular weight excluding hydrogens is 364 g/mol. The first-order chi connectivity index (χ1) is 14.2. The Balaban J connectivity index is 1.48. The summed E-state index contributed by atoms with van der Waals surface area (Å²) in [5.41, 5.74) is 3.76. The zero-order chi connectivity index (χ0) is 20.5. The maximum absolute atomic E-state index is 5.64. The van der Waals surface area contributed by atoms with Gasteiger partial charge in [0, 0.05) is 39.8 Å². The van der Waals surface area contributed by atoms with Crippen LogP contribution in [0.3, 0.4) is 0 Å². The van der Waals surface area contributed by atoms with Gasteiger partial charge in [-0.05, 0) is 35.7 Å². The van der Waals surface area contributed by atoms with Crippen molar-refractivity contribution in [3.63, 3.8) is 0 Å². The minimum Gasteiger partial charge on any atom is -0.497 e. The summed E-state index contributed by atoms with van der Waals surface area (Å²) in [5.74, 6) is 1.65. The quantitative estimate of drug-likeness (QED) is 0.557. The summed E-state index contributed by atoms with van der Waals surface area (Å²) >= 11 is 0. The van der Waals surface area contributed by atoms with E-state index in [0.29, 0.717) is 12.6 Å². The standard InChI is InChI=1S/C23H32N4O2/c1-18-16-27(11-12-29-18)17-21-6-4-5-20(13-21)15-26-23(24-2)25-14-19-7-9-22(28-3)10-8-19/h4-10,13,18H,11-12,14-17H2,1-3H3,(H2,24,25,26). The molecule has 1 saturated heterocycles. The monoisotopic (exact) mass is 396 g/mol. The van der Waals surface area contributed by atoms with Crippen LogP contribution in [-0.4, -0.2) is 50.8 Å². The Morgan fingerprint density at radius 1 is 1.10 bits per heavy atom. The highest BCUT2D eigenvalue weighted by atomic mass is 16.5. The molecule has 3 rings (SSSR count). The highest BCUT2D eigenvalue weighted by Crippen LogP contribution is 2.13. The first-order valence-corrected chi connectivity index (χ1v) is 10.2. The van der Waals surface area contributed by atoms with E-state index < -0.39 is 0 Å². The lowest BCUT2D eigenvalue weighted by atomic mass is 10.1. The Labute approximate surface area is 173 Å². The third kappa shape index (κ3) is 6.76. The van der Waals surface area contributed by atoms with Crippen molar-refractivity contribution in [2.24, 2.45) is 4.99 Å². The maximum Gasteiger partial charge on any atom is 0.191 e. The summed E-state index contributed by atoms with van der Waals surface area (Å²) in [7, 11) is 3.47. The number of morpholine rings is 1. The lowest BCUT2D eigenvalue weighted by Crippen LogP contribution is -2.40. The van der Waals surface area contributed by atoms with Crippen LogP contribution >= 0.6 is 0 Å². The minimum atomic E-state index is 0.314. The van der Waals surface area contributed by atoms with Crippen molar-refractivity contribution < 1.29 is 9.47 Å². The molecule has 1 atom stereocenters. The molecule has 1 heterocycles. The van der Waals surface area contributed by atoms with Crippen molar-refractivity contribution in [3.05, 3.63) is 65.2 Å². The number of methoxy groups -OCH3 is 1. The van der Waals surface area contributed by atoms with Gasteiger partial charge in [-0.2, -0.15) is 0 Å². The Bertz CT molecular complexity index is 792. The molecule has 0 saturated carbocycles. The molecule has 6 heteroatoms. The number of nitrogens with one attached hydrogen (secondary N) is 2. The van der Waals surface area contributed by atoms with Crippen molar-refractivity contribution in [1.29, 1.82) is 0 Å². The van der Waals surface area contributed by atoms with Crippen LogP contribution in [-0.2, 0) is 24.4 Å². The molecule has 29 heavy (non-hydrogen) atoms. The average molecular weight is 397 g/mol. The summed E-state index contributed by atoms with van der Waals surface area (Å²) in [5, 5.41) is 6.75. The summed E-state index contributed by atoms with van der Waals surface area (Å²) < 4.78 is 10.8. The molecule has 2 aromatic rings. The van der Waals surface area contributed by atoms with E-state index in [1.807, 2.05) is 12.1 Å². The zero-order valence-corrected chi connectivity index (χ0v) is 17.6. The van der Waals surface area contributed by atoms with Crippen molar-refractivity contribution in [3.8, 4) is 5.75 Å². The summed E-state index contributed by atoms with van der Waals surface area (Å²) in [4.78, 5) is 6.78. The molecule has 1 aliphatic rings. The lowest BCUT2D eigenvalue weighted by Gasteiger charge is -2.31.